The van der Waals surface area contributed by atoms with Gasteiger partial charge < -0.3 is 10.1 Å². The number of halogens is 1. The summed E-state index contributed by atoms with van der Waals surface area (Å²) in [5.41, 5.74) is -0.891. The van der Waals surface area contributed by atoms with Gasteiger partial charge in [0.2, 0.25) is 0 Å². The molecular weight excluding hydrogens is 315 g/mol. The lowest BCUT2D eigenvalue weighted by Gasteiger charge is -2.27. The fourth-order valence-electron chi connectivity index (χ4n) is 2.43. The predicted molar refractivity (Wildman–Crippen MR) is 84.1 cm³/mol. The number of benzene rings is 1. The van der Waals surface area contributed by atoms with Gasteiger partial charge >= 0.3 is 5.97 Å². The highest BCUT2D eigenvalue weighted by Gasteiger charge is 2.35. The number of rotatable bonds is 6. The number of carbonyl (C=O) groups is 2. The molecule has 0 saturated heterocycles. The summed E-state index contributed by atoms with van der Waals surface area (Å²) in [6.45, 7) is 3.47. The zero-order valence-electron chi connectivity index (χ0n) is 13.7. The molecule has 0 spiro atoms. The fraction of sp³-hybridized carbons (Fsp3) is 0.375. The molecule has 0 bridgehead atoms. The normalized spacial score (nSPS) is 13.2. The molecule has 1 unspecified atom stereocenters. The van der Waals surface area contributed by atoms with Crippen LogP contribution in [0.4, 0.5) is 4.39 Å². The molecule has 1 aromatic heterocycles. The van der Waals surface area contributed by atoms with Crippen molar-refractivity contribution in [2.45, 2.75) is 32.2 Å². The summed E-state index contributed by atoms with van der Waals surface area (Å²) in [5.74, 6) is -1.72. The van der Waals surface area contributed by atoms with Crippen molar-refractivity contribution >= 4 is 11.9 Å². The third kappa shape index (κ3) is 3.58. The van der Waals surface area contributed by atoms with Gasteiger partial charge in [-0.15, -0.1) is 0 Å². The maximum Gasteiger partial charge on any atom is 0.331 e. The monoisotopic (exact) mass is 334 g/mol. The Kier molecular flexibility index (Phi) is 5.28. The lowest BCUT2D eigenvalue weighted by Crippen LogP contribution is -2.52. The van der Waals surface area contributed by atoms with Crippen LogP contribution in [0.1, 0.15) is 37.0 Å². The minimum atomic E-state index is -1.17. The van der Waals surface area contributed by atoms with E-state index >= 15 is 0 Å². The van der Waals surface area contributed by atoms with E-state index in [4.69, 9.17) is 4.74 Å². The molecule has 24 heavy (non-hydrogen) atoms. The van der Waals surface area contributed by atoms with Crippen LogP contribution in [0.2, 0.25) is 0 Å². The van der Waals surface area contributed by atoms with E-state index in [1.54, 1.807) is 6.92 Å². The van der Waals surface area contributed by atoms with Crippen LogP contribution < -0.4 is 5.32 Å². The Balaban J connectivity index is 2.23. The van der Waals surface area contributed by atoms with Crippen LogP contribution in [0.3, 0.4) is 0 Å². The second-order valence-corrected chi connectivity index (χ2v) is 5.53. The van der Waals surface area contributed by atoms with Crippen LogP contribution in [-0.2, 0) is 9.53 Å². The topological polar surface area (TPSA) is 86.1 Å². The number of nitrogens with zero attached hydrogens (tertiary/aromatic N) is 3. The molecule has 0 saturated carbocycles. The van der Waals surface area contributed by atoms with Crippen LogP contribution >= 0.6 is 0 Å². The van der Waals surface area contributed by atoms with Crippen LogP contribution in [-0.4, -0.2) is 39.3 Å². The van der Waals surface area contributed by atoms with E-state index in [1.165, 1.54) is 36.6 Å². The van der Waals surface area contributed by atoms with E-state index in [2.05, 4.69) is 15.4 Å². The van der Waals surface area contributed by atoms with Crippen molar-refractivity contribution in [3.8, 4) is 5.69 Å². The van der Waals surface area contributed by atoms with Gasteiger partial charge in [0.05, 0.1) is 7.11 Å². The molecule has 2 rings (SSSR count). The standard InChI is InChI=1S/C16H19FN4O3/c1-4-7-16(2,15(23)24-3)20-14(22)11-5-6-13(12(17)8-11)21-10-18-9-19-21/h5-6,8-10H,4,7H2,1-3H3,(H,20,22). The molecule has 0 fully saturated rings. The fourth-order valence-corrected chi connectivity index (χ4v) is 2.43. The maximum atomic E-state index is 14.2. The summed E-state index contributed by atoms with van der Waals surface area (Å²) in [4.78, 5) is 28.1. The molecule has 0 aliphatic heterocycles. The van der Waals surface area contributed by atoms with Gasteiger partial charge in [0, 0.05) is 5.56 Å². The van der Waals surface area contributed by atoms with Crippen molar-refractivity contribution < 1.29 is 18.7 Å². The minimum Gasteiger partial charge on any atom is -0.467 e. The molecule has 1 heterocycles. The number of hydrogen-bond donors (Lipinski definition) is 1. The summed E-state index contributed by atoms with van der Waals surface area (Å²) in [5, 5.41) is 6.47. The molecule has 0 aliphatic carbocycles. The number of ether oxygens (including phenoxy) is 1. The highest BCUT2D eigenvalue weighted by molar-refractivity contribution is 5.98. The summed E-state index contributed by atoms with van der Waals surface area (Å²) >= 11 is 0. The van der Waals surface area contributed by atoms with Crippen LogP contribution in [0, 0.1) is 5.82 Å². The molecule has 7 nitrogen and oxygen atoms in total. The summed E-state index contributed by atoms with van der Waals surface area (Å²) in [6, 6.07) is 3.98. The lowest BCUT2D eigenvalue weighted by molar-refractivity contribution is -0.147. The van der Waals surface area contributed by atoms with Crippen molar-refractivity contribution in [3.63, 3.8) is 0 Å². The van der Waals surface area contributed by atoms with Gasteiger partial charge in [-0.3, -0.25) is 4.79 Å². The van der Waals surface area contributed by atoms with Gasteiger partial charge in [-0.25, -0.2) is 18.9 Å². The Morgan fingerprint density at radius 1 is 1.42 bits per heavy atom. The Morgan fingerprint density at radius 2 is 2.17 bits per heavy atom. The number of methoxy groups -OCH3 is 1. The van der Waals surface area contributed by atoms with E-state index in [9.17, 15) is 14.0 Å². The second-order valence-electron chi connectivity index (χ2n) is 5.53. The Hall–Kier alpha value is -2.77. The minimum absolute atomic E-state index is 0.0996. The first-order valence-electron chi connectivity index (χ1n) is 7.46. The Bertz CT molecular complexity index is 733. The van der Waals surface area contributed by atoms with Crippen LogP contribution in [0.15, 0.2) is 30.9 Å². The Labute approximate surface area is 138 Å². The zero-order valence-corrected chi connectivity index (χ0v) is 13.7. The number of amides is 1. The number of hydrogen-bond acceptors (Lipinski definition) is 5. The molecule has 1 N–H and O–H groups in total. The molecule has 128 valence electrons. The van der Waals surface area contributed by atoms with Gasteiger partial charge in [-0.2, -0.15) is 5.10 Å². The molecule has 2 aromatic rings. The van der Waals surface area contributed by atoms with Crippen molar-refractivity contribution in [1.82, 2.24) is 20.1 Å². The largest absolute Gasteiger partial charge is 0.467 e. The maximum absolute atomic E-state index is 14.2. The molecule has 1 atom stereocenters. The molecule has 1 aromatic carbocycles. The number of nitrogens with one attached hydrogen (secondary N) is 1. The van der Waals surface area contributed by atoms with E-state index in [0.29, 0.717) is 12.8 Å². The quantitative estimate of drug-likeness (QED) is 0.815. The summed E-state index contributed by atoms with van der Waals surface area (Å²) < 4.78 is 20.2. The number of esters is 1. The van der Waals surface area contributed by atoms with E-state index < -0.39 is 23.2 Å². The zero-order chi connectivity index (χ0) is 17.7. The van der Waals surface area contributed by atoms with E-state index in [0.717, 1.165) is 6.07 Å². The predicted octanol–water partition coefficient (Wildman–Crippen LogP) is 1.87. The second kappa shape index (κ2) is 7.20. The first kappa shape index (κ1) is 17.6. The third-order valence-corrected chi connectivity index (χ3v) is 3.65. The van der Waals surface area contributed by atoms with Crippen molar-refractivity contribution in [3.05, 3.63) is 42.2 Å². The summed E-state index contributed by atoms with van der Waals surface area (Å²) in [7, 11) is 1.26. The van der Waals surface area contributed by atoms with Crippen molar-refractivity contribution in [2.24, 2.45) is 0 Å². The first-order valence-corrected chi connectivity index (χ1v) is 7.46. The molecule has 1 amide bonds. The molecular formula is C16H19FN4O3. The molecule has 8 heteroatoms. The average molecular weight is 334 g/mol. The highest BCUT2D eigenvalue weighted by Crippen LogP contribution is 2.18. The van der Waals surface area contributed by atoms with Crippen molar-refractivity contribution in [1.29, 1.82) is 0 Å². The van der Waals surface area contributed by atoms with Gasteiger partial charge in [-0.05, 0) is 31.5 Å². The molecule has 0 radical (unpaired) electrons. The summed E-state index contributed by atoms with van der Waals surface area (Å²) in [6.07, 6.45) is 3.72. The van der Waals surface area contributed by atoms with Gasteiger partial charge in [0.25, 0.3) is 5.91 Å². The number of aromatic nitrogens is 3. The molecule has 0 aliphatic rings. The number of carbonyl (C=O) groups excluding carboxylic acids is 2. The van der Waals surface area contributed by atoms with Gasteiger partial charge in [0.1, 0.15) is 29.7 Å². The van der Waals surface area contributed by atoms with Gasteiger partial charge in [0.15, 0.2) is 0 Å². The SMILES string of the molecule is CCCC(C)(NC(=O)c1ccc(-n2cncn2)c(F)c1)C(=O)OC. The van der Waals surface area contributed by atoms with Crippen molar-refractivity contribution in [2.75, 3.05) is 7.11 Å². The Morgan fingerprint density at radius 3 is 2.71 bits per heavy atom. The lowest BCUT2D eigenvalue weighted by atomic mass is 9.95. The first-order chi connectivity index (χ1) is 11.4. The highest BCUT2D eigenvalue weighted by atomic mass is 19.1. The smallest absolute Gasteiger partial charge is 0.331 e. The average Bonchev–Trinajstić information content (AvgIpc) is 3.08. The van der Waals surface area contributed by atoms with E-state index in [-0.39, 0.29) is 11.3 Å². The van der Waals surface area contributed by atoms with Gasteiger partial charge in [-0.1, -0.05) is 13.3 Å². The third-order valence-electron chi connectivity index (χ3n) is 3.65. The van der Waals surface area contributed by atoms with Crippen LogP contribution in [0.25, 0.3) is 5.69 Å². The van der Waals surface area contributed by atoms with Crippen LogP contribution in [0.5, 0.6) is 0 Å². The van der Waals surface area contributed by atoms with E-state index in [1.807, 2.05) is 6.92 Å².